The van der Waals surface area contributed by atoms with Crippen LogP contribution in [0.1, 0.15) is 23.1 Å². The van der Waals surface area contributed by atoms with Crippen LogP contribution in [0, 0.1) is 11.3 Å². The molecule has 1 aromatic rings. The van der Waals surface area contributed by atoms with Crippen LogP contribution >= 0.6 is 22.3 Å². The number of nitriles is 1. The lowest BCUT2D eigenvalue weighted by Crippen LogP contribution is -2.02. The van der Waals surface area contributed by atoms with Gasteiger partial charge in [-0.2, -0.15) is 5.26 Å². The van der Waals surface area contributed by atoms with Crippen LogP contribution in [-0.4, -0.2) is 8.42 Å². The number of hydrogen-bond acceptors (Lipinski definition) is 3. The quantitative estimate of drug-likeness (QED) is 0.636. The number of rotatable bonds is 3. The molecule has 0 unspecified atom stereocenters. The summed E-state index contributed by atoms with van der Waals surface area (Å²) >= 11 is 5.46. The lowest BCUT2D eigenvalue weighted by atomic mass is 10.1. The highest BCUT2D eigenvalue weighted by molar-refractivity contribution is 8.13. The van der Waals surface area contributed by atoms with E-state index in [9.17, 15) is 17.2 Å². The first-order valence-corrected chi connectivity index (χ1v) is 7.01. The van der Waals surface area contributed by atoms with E-state index < -0.39 is 31.5 Å². The van der Waals surface area contributed by atoms with Gasteiger partial charge in [0, 0.05) is 22.1 Å². The van der Waals surface area contributed by atoms with Crippen molar-refractivity contribution in [2.45, 2.75) is 17.2 Å². The zero-order chi connectivity index (χ0) is 13.2. The van der Waals surface area contributed by atoms with Gasteiger partial charge in [0.25, 0.3) is 15.5 Å². The van der Waals surface area contributed by atoms with E-state index in [2.05, 4.69) is 0 Å². The van der Waals surface area contributed by atoms with Gasteiger partial charge in [-0.15, -0.1) is 11.6 Å². The molecule has 8 heteroatoms. The van der Waals surface area contributed by atoms with Crippen LogP contribution in [0.25, 0.3) is 0 Å². The average molecular weight is 300 g/mol. The maximum Gasteiger partial charge on any atom is 0.265 e. The van der Waals surface area contributed by atoms with Crippen molar-refractivity contribution >= 4 is 31.3 Å². The van der Waals surface area contributed by atoms with Crippen LogP contribution in [-0.2, 0) is 14.9 Å². The van der Waals surface area contributed by atoms with Crippen LogP contribution in [0.3, 0.4) is 0 Å². The molecule has 0 heterocycles. The van der Waals surface area contributed by atoms with Crippen molar-refractivity contribution in [2.24, 2.45) is 0 Å². The summed E-state index contributed by atoms with van der Waals surface area (Å²) < 4.78 is 47.7. The van der Waals surface area contributed by atoms with E-state index in [0.717, 1.165) is 12.1 Å². The zero-order valence-corrected chi connectivity index (χ0v) is 10.5. The summed E-state index contributed by atoms with van der Waals surface area (Å²) in [6, 6.07) is 3.42. The monoisotopic (exact) mass is 299 g/mol. The Morgan fingerprint density at radius 1 is 1.41 bits per heavy atom. The van der Waals surface area contributed by atoms with Crippen molar-refractivity contribution in [1.82, 2.24) is 0 Å². The molecule has 1 aromatic carbocycles. The fourth-order valence-electron chi connectivity index (χ4n) is 1.26. The first-order chi connectivity index (χ1) is 7.81. The molecule has 0 aliphatic heterocycles. The van der Waals surface area contributed by atoms with Crippen molar-refractivity contribution in [3.8, 4) is 6.07 Å². The zero-order valence-electron chi connectivity index (χ0n) is 8.12. The van der Waals surface area contributed by atoms with Gasteiger partial charge in [-0.3, -0.25) is 0 Å². The maximum absolute atomic E-state index is 12.7. The minimum Gasteiger partial charge on any atom is -0.207 e. The Kier molecular flexibility index (Phi) is 4.31. The van der Waals surface area contributed by atoms with E-state index in [1.54, 1.807) is 0 Å². The summed E-state index contributed by atoms with van der Waals surface area (Å²) in [5, 5.41) is 8.74. The van der Waals surface area contributed by atoms with Crippen molar-refractivity contribution < 1.29 is 17.2 Å². The second kappa shape index (κ2) is 5.17. The summed E-state index contributed by atoms with van der Waals surface area (Å²) in [4.78, 5) is -0.643. The molecule has 17 heavy (non-hydrogen) atoms. The molecule has 0 aliphatic rings. The van der Waals surface area contributed by atoms with Crippen LogP contribution in [0.2, 0.25) is 0 Å². The summed E-state index contributed by atoms with van der Waals surface area (Å²) in [5.74, 6) is -0.162. The fourth-order valence-corrected chi connectivity index (χ4v) is 2.48. The van der Waals surface area contributed by atoms with Gasteiger partial charge in [0.05, 0.1) is 5.56 Å². The lowest BCUT2D eigenvalue weighted by Gasteiger charge is -2.09. The Morgan fingerprint density at radius 2 is 2.00 bits per heavy atom. The molecule has 1 rings (SSSR count). The highest BCUT2D eigenvalue weighted by Gasteiger charge is 2.24. The Morgan fingerprint density at radius 3 is 2.35 bits per heavy atom. The van der Waals surface area contributed by atoms with Crippen LogP contribution in [0.5, 0.6) is 0 Å². The number of alkyl halides is 3. The summed E-state index contributed by atoms with van der Waals surface area (Å²) in [5.41, 5.74) is -1.19. The third kappa shape index (κ3) is 3.06. The van der Waals surface area contributed by atoms with E-state index >= 15 is 0 Å². The topological polar surface area (TPSA) is 57.9 Å². The first-order valence-electron chi connectivity index (χ1n) is 4.17. The molecule has 0 radical (unpaired) electrons. The normalized spacial score (nSPS) is 11.5. The molecule has 0 amide bonds. The lowest BCUT2D eigenvalue weighted by molar-refractivity contribution is 0.150. The third-order valence-electron chi connectivity index (χ3n) is 1.96. The van der Waals surface area contributed by atoms with Gasteiger partial charge >= 0.3 is 0 Å². The van der Waals surface area contributed by atoms with E-state index in [1.165, 1.54) is 6.07 Å². The minimum absolute atomic E-state index is 0.153. The van der Waals surface area contributed by atoms with Gasteiger partial charge in [-0.05, 0) is 17.7 Å². The van der Waals surface area contributed by atoms with Crippen LogP contribution in [0.15, 0.2) is 17.0 Å². The molecule has 0 spiro atoms. The molecule has 0 aliphatic carbocycles. The molecule has 0 fully saturated rings. The van der Waals surface area contributed by atoms with E-state index in [4.69, 9.17) is 27.5 Å². The number of hydrogen-bond donors (Lipinski definition) is 0. The standard InChI is InChI=1S/C9H5Cl2F2NO2S/c10-3-5-1-6(9(12)13)7(4-14)8(2-5)17(11,15)16/h1-2,9H,3H2. The number of benzene rings is 1. The number of halogens is 4. The third-order valence-corrected chi connectivity index (χ3v) is 3.61. The SMILES string of the molecule is N#Cc1c(C(F)F)cc(CCl)cc1S(=O)(=O)Cl. The Balaban J connectivity index is 3.71. The second-order valence-corrected chi connectivity index (χ2v) is 5.84. The van der Waals surface area contributed by atoms with E-state index in [-0.39, 0.29) is 11.4 Å². The molecular formula is C9H5Cl2F2NO2S. The molecule has 0 saturated carbocycles. The molecule has 0 N–H and O–H groups in total. The molecule has 0 atom stereocenters. The summed E-state index contributed by atoms with van der Waals surface area (Å²) in [7, 11) is 0.805. The van der Waals surface area contributed by atoms with Gasteiger partial charge in [-0.1, -0.05) is 0 Å². The van der Waals surface area contributed by atoms with Crippen molar-refractivity contribution in [2.75, 3.05) is 0 Å². The van der Waals surface area contributed by atoms with Crippen molar-refractivity contribution in [3.05, 3.63) is 28.8 Å². The van der Waals surface area contributed by atoms with Gasteiger partial charge in [0.2, 0.25) is 0 Å². The minimum atomic E-state index is -4.28. The molecule has 3 nitrogen and oxygen atoms in total. The Hall–Kier alpha value is -0.900. The molecule has 0 aromatic heterocycles. The number of nitrogens with zero attached hydrogens (tertiary/aromatic N) is 1. The Bertz CT molecular complexity index is 581. The van der Waals surface area contributed by atoms with Crippen LogP contribution < -0.4 is 0 Å². The van der Waals surface area contributed by atoms with Gasteiger partial charge in [-0.25, -0.2) is 17.2 Å². The smallest absolute Gasteiger partial charge is 0.207 e. The Labute approximate surface area is 106 Å². The molecule has 92 valence electrons. The van der Waals surface area contributed by atoms with Crippen LogP contribution in [0.4, 0.5) is 8.78 Å². The second-order valence-electron chi connectivity index (χ2n) is 3.04. The summed E-state index contributed by atoms with van der Waals surface area (Å²) in [6.45, 7) is 0. The van der Waals surface area contributed by atoms with Gasteiger partial charge in [0.15, 0.2) is 0 Å². The predicted octanol–water partition coefficient (Wildman–Crippen LogP) is 3.16. The van der Waals surface area contributed by atoms with Gasteiger partial charge in [0.1, 0.15) is 11.0 Å². The molecular weight excluding hydrogens is 295 g/mol. The molecule has 0 bridgehead atoms. The predicted molar refractivity (Wildman–Crippen MR) is 58.7 cm³/mol. The van der Waals surface area contributed by atoms with Crippen molar-refractivity contribution in [3.63, 3.8) is 0 Å². The summed E-state index contributed by atoms with van der Waals surface area (Å²) in [6.07, 6.45) is -2.98. The molecule has 0 saturated heterocycles. The van der Waals surface area contributed by atoms with Crippen molar-refractivity contribution in [1.29, 1.82) is 5.26 Å². The van der Waals surface area contributed by atoms with E-state index in [0.29, 0.717) is 0 Å². The van der Waals surface area contributed by atoms with E-state index in [1.807, 2.05) is 0 Å². The maximum atomic E-state index is 12.7. The van der Waals surface area contributed by atoms with Gasteiger partial charge < -0.3 is 0 Å². The highest BCUT2D eigenvalue weighted by atomic mass is 35.7. The highest BCUT2D eigenvalue weighted by Crippen LogP contribution is 2.31. The fraction of sp³-hybridized carbons (Fsp3) is 0.222. The average Bonchev–Trinajstić information content (AvgIpc) is 2.25. The largest absolute Gasteiger partial charge is 0.265 e. The first kappa shape index (κ1) is 14.2.